The van der Waals surface area contributed by atoms with Gasteiger partial charge < -0.3 is 10.4 Å². The molecule has 0 unspecified atom stereocenters. The third-order valence-electron chi connectivity index (χ3n) is 2.85. The van der Waals surface area contributed by atoms with E-state index in [1.54, 1.807) is 0 Å². The van der Waals surface area contributed by atoms with Crippen LogP contribution in [-0.2, 0) is 4.79 Å². The fourth-order valence-corrected chi connectivity index (χ4v) is 1.89. The summed E-state index contributed by atoms with van der Waals surface area (Å²) in [5.41, 5.74) is 0.822. The molecule has 0 radical (unpaired) electrons. The lowest BCUT2D eigenvalue weighted by atomic mass is 10.1. The van der Waals surface area contributed by atoms with Crippen molar-refractivity contribution in [3.63, 3.8) is 0 Å². The molecule has 2 N–H and O–H groups in total. The lowest BCUT2D eigenvalue weighted by Gasteiger charge is -2.06. The Morgan fingerprint density at radius 3 is 2.61 bits per heavy atom. The zero-order chi connectivity index (χ0) is 12.8. The van der Waals surface area contributed by atoms with E-state index in [2.05, 4.69) is 5.32 Å². The number of hydrogen-bond acceptors (Lipinski definition) is 2. The highest BCUT2D eigenvalue weighted by Crippen LogP contribution is 2.19. The van der Waals surface area contributed by atoms with Gasteiger partial charge in [-0.3, -0.25) is 4.79 Å². The number of aliphatic hydroxyl groups excluding tert-OH is 1. The number of carbonyl (C=O) groups is 1. The number of unbranched alkanes of at least 4 members (excludes halogenated alkanes) is 1. The molecule has 1 amide bonds. The number of nitrogens with one attached hydrogen (secondary N) is 1. The summed E-state index contributed by atoms with van der Waals surface area (Å²) in [6.07, 6.45) is 1.84. The maximum Gasteiger partial charge on any atom is 0.224 e. The van der Waals surface area contributed by atoms with Crippen molar-refractivity contribution in [3.05, 3.63) is 42.5 Å². The van der Waals surface area contributed by atoms with Crippen LogP contribution < -0.4 is 5.32 Å². The van der Waals surface area contributed by atoms with Gasteiger partial charge in [0, 0.05) is 18.7 Å². The molecule has 0 aliphatic carbocycles. The summed E-state index contributed by atoms with van der Waals surface area (Å²) >= 11 is 0. The van der Waals surface area contributed by atoms with Gasteiger partial charge in [0.2, 0.25) is 5.91 Å². The van der Waals surface area contributed by atoms with Crippen LogP contribution in [0, 0.1) is 0 Å². The molecule has 0 aliphatic rings. The van der Waals surface area contributed by atoms with E-state index >= 15 is 0 Å². The van der Waals surface area contributed by atoms with Crippen LogP contribution in [0.2, 0.25) is 0 Å². The normalized spacial score (nSPS) is 10.5. The van der Waals surface area contributed by atoms with Crippen molar-refractivity contribution >= 4 is 22.4 Å². The first-order valence-electron chi connectivity index (χ1n) is 6.19. The number of rotatable bonds is 5. The van der Waals surface area contributed by atoms with E-state index in [0.29, 0.717) is 12.8 Å². The maximum absolute atomic E-state index is 11.6. The molecule has 2 aromatic rings. The van der Waals surface area contributed by atoms with Crippen molar-refractivity contribution in [3.8, 4) is 0 Å². The fourth-order valence-electron chi connectivity index (χ4n) is 1.89. The van der Waals surface area contributed by atoms with Crippen LogP contribution in [-0.4, -0.2) is 17.6 Å². The van der Waals surface area contributed by atoms with E-state index in [4.69, 9.17) is 5.11 Å². The highest BCUT2D eigenvalue weighted by Gasteiger charge is 2.02. The molecular weight excluding hydrogens is 226 g/mol. The van der Waals surface area contributed by atoms with Gasteiger partial charge in [0.25, 0.3) is 0 Å². The first kappa shape index (κ1) is 12.6. The molecule has 0 spiro atoms. The third kappa shape index (κ3) is 3.31. The topological polar surface area (TPSA) is 49.3 Å². The summed E-state index contributed by atoms with van der Waals surface area (Å²) in [6.45, 7) is 0.142. The zero-order valence-electron chi connectivity index (χ0n) is 10.2. The van der Waals surface area contributed by atoms with Gasteiger partial charge in [-0.1, -0.05) is 30.3 Å². The minimum absolute atomic E-state index is 0.00117. The van der Waals surface area contributed by atoms with E-state index in [1.165, 1.54) is 0 Å². The monoisotopic (exact) mass is 243 g/mol. The maximum atomic E-state index is 11.6. The van der Waals surface area contributed by atoms with Crippen molar-refractivity contribution in [1.29, 1.82) is 0 Å². The molecule has 94 valence electrons. The number of amides is 1. The summed E-state index contributed by atoms with van der Waals surface area (Å²) in [7, 11) is 0. The number of benzene rings is 2. The van der Waals surface area contributed by atoms with E-state index in [9.17, 15) is 4.79 Å². The van der Waals surface area contributed by atoms with Crippen LogP contribution in [0.4, 0.5) is 5.69 Å². The predicted molar refractivity (Wildman–Crippen MR) is 73.5 cm³/mol. The molecule has 0 heterocycles. The van der Waals surface area contributed by atoms with Crippen LogP contribution in [0.15, 0.2) is 42.5 Å². The Balaban J connectivity index is 2.01. The Morgan fingerprint density at radius 1 is 1.06 bits per heavy atom. The minimum Gasteiger partial charge on any atom is -0.396 e. The molecule has 0 aromatic heterocycles. The van der Waals surface area contributed by atoms with Gasteiger partial charge in [-0.2, -0.15) is 0 Å². The van der Waals surface area contributed by atoms with E-state index in [1.807, 2.05) is 42.5 Å². The molecule has 2 aromatic carbocycles. The summed E-state index contributed by atoms with van der Waals surface area (Å²) in [5.74, 6) is -0.00117. The van der Waals surface area contributed by atoms with Crippen molar-refractivity contribution in [1.82, 2.24) is 0 Å². The highest BCUT2D eigenvalue weighted by molar-refractivity contribution is 5.94. The second kappa shape index (κ2) is 6.17. The van der Waals surface area contributed by atoms with Crippen LogP contribution in [0.3, 0.4) is 0 Å². The quantitative estimate of drug-likeness (QED) is 0.793. The van der Waals surface area contributed by atoms with Crippen LogP contribution in [0.25, 0.3) is 10.8 Å². The van der Waals surface area contributed by atoms with Crippen LogP contribution in [0.1, 0.15) is 19.3 Å². The minimum atomic E-state index is -0.00117. The summed E-state index contributed by atoms with van der Waals surface area (Å²) < 4.78 is 0. The predicted octanol–water partition coefficient (Wildman–Crippen LogP) is 2.94. The Kier molecular flexibility index (Phi) is 4.31. The largest absolute Gasteiger partial charge is 0.396 e. The fraction of sp³-hybridized carbons (Fsp3) is 0.267. The Hall–Kier alpha value is -1.87. The smallest absolute Gasteiger partial charge is 0.224 e. The molecule has 0 atom stereocenters. The van der Waals surface area contributed by atoms with Gasteiger partial charge in [-0.05, 0) is 35.7 Å². The molecule has 0 saturated heterocycles. The SMILES string of the molecule is O=C(CCCCO)Nc1ccc2ccccc2c1. The average molecular weight is 243 g/mol. The lowest BCUT2D eigenvalue weighted by Crippen LogP contribution is -2.11. The second-order valence-electron chi connectivity index (χ2n) is 4.29. The Morgan fingerprint density at radius 2 is 1.83 bits per heavy atom. The van der Waals surface area contributed by atoms with Gasteiger partial charge in [0.15, 0.2) is 0 Å². The molecule has 0 aliphatic heterocycles. The number of aliphatic hydroxyl groups is 1. The van der Waals surface area contributed by atoms with Gasteiger partial charge in [0.05, 0.1) is 0 Å². The second-order valence-corrected chi connectivity index (χ2v) is 4.29. The Bertz CT molecular complexity index is 537. The average Bonchev–Trinajstić information content (AvgIpc) is 2.39. The zero-order valence-corrected chi connectivity index (χ0v) is 10.2. The molecular formula is C15H17NO2. The molecule has 18 heavy (non-hydrogen) atoms. The number of anilines is 1. The van der Waals surface area contributed by atoms with Crippen molar-refractivity contribution in [2.75, 3.05) is 11.9 Å². The van der Waals surface area contributed by atoms with Gasteiger partial charge >= 0.3 is 0 Å². The Labute approximate surface area is 106 Å². The van der Waals surface area contributed by atoms with Crippen molar-refractivity contribution < 1.29 is 9.90 Å². The summed E-state index contributed by atoms with van der Waals surface area (Å²) in [4.78, 5) is 11.6. The third-order valence-corrected chi connectivity index (χ3v) is 2.85. The van der Waals surface area contributed by atoms with E-state index in [-0.39, 0.29) is 12.5 Å². The number of fused-ring (bicyclic) bond motifs is 1. The van der Waals surface area contributed by atoms with E-state index < -0.39 is 0 Å². The first-order chi connectivity index (χ1) is 8.79. The number of carbonyl (C=O) groups excluding carboxylic acids is 1. The van der Waals surface area contributed by atoms with Gasteiger partial charge in [-0.15, -0.1) is 0 Å². The molecule has 3 nitrogen and oxygen atoms in total. The lowest BCUT2D eigenvalue weighted by molar-refractivity contribution is -0.116. The van der Waals surface area contributed by atoms with Crippen molar-refractivity contribution in [2.45, 2.75) is 19.3 Å². The molecule has 0 fully saturated rings. The van der Waals surface area contributed by atoms with Crippen LogP contribution >= 0.6 is 0 Å². The molecule has 2 rings (SSSR count). The summed E-state index contributed by atoms with van der Waals surface area (Å²) in [5, 5.41) is 13.8. The standard InChI is InChI=1S/C15H17NO2/c17-10-4-3-7-15(18)16-14-9-8-12-5-1-2-6-13(12)11-14/h1-2,5-6,8-9,11,17H,3-4,7,10H2,(H,16,18). The molecule has 0 bridgehead atoms. The van der Waals surface area contributed by atoms with Gasteiger partial charge in [-0.25, -0.2) is 0 Å². The van der Waals surface area contributed by atoms with Crippen molar-refractivity contribution in [2.24, 2.45) is 0 Å². The number of hydrogen-bond donors (Lipinski definition) is 2. The van der Waals surface area contributed by atoms with Gasteiger partial charge in [0.1, 0.15) is 0 Å². The summed E-state index contributed by atoms with van der Waals surface area (Å²) in [6, 6.07) is 13.9. The molecule has 0 saturated carbocycles. The highest BCUT2D eigenvalue weighted by atomic mass is 16.2. The first-order valence-corrected chi connectivity index (χ1v) is 6.19. The van der Waals surface area contributed by atoms with E-state index in [0.717, 1.165) is 22.9 Å². The van der Waals surface area contributed by atoms with Crippen LogP contribution in [0.5, 0.6) is 0 Å². The molecule has 3 heteroatoms.